The summed E-state index contributed by atoms with van der Waals surface area (Å²) in [7, 11) is -4.18. The van der Waals surface area contributed by atoms with Crippen LogP contribution in [-0.2, 0) is 32.6 Å². The highest BCUT2D eigenvalue weighted by molar-refractivity contribution is 7.89. The van der Waals surface area contributed by atoms with Gasteiger partial charge in [0.15, 0.2) is 5.13 Å². The summed E-state index contributed by atoms with van der Waals surface area (Å²) < 4.78 is 81.0. The van der Waals surface area contributed by atoms with Crippen LogP contribution in [0.2, 0.25) is 0 Å². The Morgan fingerprint density at radius 1 is 1.02 bits per heavy atom. The van der Waals surface area contributed by atoms with Crippen LogP contribution in [0.15, 0.2) is 47.4 Å². The Kier molecular flexibility index (Phi) is 18.0. The van der Waals surface area contributed by atoms with Crippen LogP contribution < -0.4 is 15.0 Å². The predicted octanol–water partition coefficient (Wildman–Crippen LogP) is 6.31. The van der Waals surface area contributed by atoms with Crippen LogP contribution in [0.1, 0.15) is 55.3 Å². The van der Waals surface area contributed by atoms with Crippen molar-refractivity contribution >= 4 is 39.4 Å². The predicted molar refractivity (Wildman–Crippen MR) is 174 cm³/mol. The van der Waals surface area contributed by atoms with E-state index in [9.17, 15) is 30.8 Å². The number of ether oxygens (including phenoxy) is 1. The lowest BCUT2D eigenvalue weighted by atomic mass is 10.1. The molecule has 47 heavy (non-hydrogen) atoms. The Morgan fingerprint density at radius 3 is 2.06 bits per heavy atom. The number of aromatic nitrogens is 1. The first-order valence-electron chi connectivity index (χ1n) is 14.8. The second-order valence-corrected chi connectivity index (χ2v) is 12.8. The van der Waals surface area contributed by atoms with E-state index in [4.69, 9.17) is 9.90 Å². The quantitative estimate of drug-likeness (QED) is 0.186. The molecule has 1 amide bonds. The Labute approximate surface area is 277 Å². The van der Waals surface area contributed by atoms with Gasteiger partial charge in [-0.25, -0.2) is 17.8 Å². The summed E-state index contributed by atoms with van der Waals surface area (Å²) >= 11 is 1.52. The van der Waals surface area contributed by atoms with E-state index in [0.29, 0.717) is 25.7 Å². The molecule has 0 bridgehead atoms. The summed E-state index contributed by atoms with van der Waals surface area (Å²) in [6.07, 6.45) is -0.640. The normalized spacial score (nSPS) is 13.1. The molecule has 1 saturated heterocycles. The topological polar surface area (TPSA) is 129 Å². The third-order valence-corrected chi connectivity index (χ3v) is 9.58. The number of unbranched alkanes of at least 4 members (excludes halogenated alkanes) is 1. The zero-order valence-corrected chi connectivity index (χ0v) is 28.6. The van der Waals surface area contributed by atoms with Gasteiger partial charge in [-0.1, -0.05) is 51.5 Å². The standard InChI is InChI=1S/C16H17F4N3O3S2.C12H17NO.C2H6.CH2O2/c1-10-11(2)27-15(21-10)22-5-7-23(8-6-22)28(24,25)14-4-3-12(9-13(14)17)26-16(18,19)20;1-2-3-4-11-5-7-12(8-6-11)9-13-10-14;1-2;2-1-3/h3-4,9H,5-8H2,1-2H3;5-8,10H,2-4,9H2,1H3,(H,13,14);1-2H3;1H,(H,2,3). The first-order valence-corrected chi connectivity index (χ1v) is 17.1. The summed E-state index contributed by atoms with van der Waals surface area (Å²) in [5.41, 5.74) is 3.44. The minimum Gasteiger partial charge on any atom is -0.483 e. The number of rotatable bonds is 10. The minimum atomic E-state index is -4.99. The average molecular weight is 707 g/mol. The number of amides is 1. The fourth-order valence-electron chi connectivity index (χ4n) is 4.10. The monoisotopic (exact) mass is 706 g/mol. The largest absolute Gasteiger partial charge is 0.573 e. The van der Waals surface area contributed by atoms with Crippen molar-refractivity contribution in [2.45, 2.75) is 71.7 Å². The first kappa shape index (κ1) is 41.3. The van der Waals surface area contributed by atoms with Gasteiger partial charge in [-0.05, 0) is 49.9 Å². The third-order valence-electron chi connectivity index (χ3n) is 6.51. The number of sulfonamides is 1. The average Bonchev–Trinajstić information content (AvgIpc) is 3.38. The maximum Gasteiger partial charge on any atom is 0.573 e. The van der Waals surface area contributed by atoms with Gasteiger partial charge in [0.25, 0.3) is 6.47 Å². The molecule has 2 heterocycles. The van der Waals surface area contributed by atoms with Gasteiger partial charge in [0.1, 0.15) is 16.5 Å². The van der Waals surface area contributed by atoms with Gasteiger partial charge in [-0.15, -0.1) is 24.5 Å². The molecule has 0 radical (unpaired) electrons. The molecule has 1 aliphatic heterocycles. The van der Waals surface area contributed by atoms with Gasteiger partial charge in [-0.2, -0.15) is 4.31 Å². The van der Waals surface area contributed by atoms with Gasteiger partial charge in [-0.3, -0.25) is 9.59 Å². The number of hydrogen-bond acceptors (Lipinski definition) is 8. The first-order chi connectivity index (χ1) is 22.2. The minimum absolute atomic E-state index is 0.111. The highest BCUT2D eigenvalue weighted by atomic mass is 32.2. The van der Waals surface area contributed by atoms with Gasteiger partial charge >= 0.3 is 6.36 Å². The second kappa shape index (κ2) is 20.5. The van der Waals surface area contributed by atoms with Crippen LogP contribution in [0.4, 0.5) is 22.7 Å². The summed E-state index contributed by atoms with van der Waals surface area (Å²) in [5, 5.41) is 10.3. The second-order valence-electron chi connectivity index (χ2n) is 9.69. The number of nitrogens with one attached hydrogen (secondary N) is 1. The molecule has 0 unspecified atom stereocenters. The molecule has 3 aromatic rings. The van der Waals surface area contributed by atoms with Crippen molar-refractivity contribution in [3.8, 4) is 5.75 Å². The van der Waals surface area contributed by atoms with E-state index in [-0.39, 0.29) is 19.6 Å². The van der Waals surface area contributed by atoms with Crippen molar-refractivity contribution in [1.82, 2.24) is 14.6 Å². The van der Waals surface area contributed by atoms with Gasteiger partial charge in [0.05, 0.1) is 5.69 Å². The molecule has 0 aliphatic carbocycles. The number of carbonyl (C=O) groups is 2. The molecule has 262 valence electrons. The van der Waals surface area contributed by atoms with Crippen molar-refractivity contribution in [2.24, 2.45) is 0 Å². The molecule has 1 aliphatic rings. The van der Waals surface area contributed by atoms with E-state index in [1.165, 1.54) is 29.7 Å². The van der Waals surface area contributed by atoms with E-state index in [2.05, 4.69) is 46.2 Å². The van der Waals surface area contributed by atoms with Crippen LogP contribution in [0.25, 0.3) is 0 Å². The van der Waals surface area contributed by atoms with Crippen molar-refractivity contribution in [3.05, 3.63) is 70.0 Å². The lowest BCUT2D eigenvalue weighted by Gasteiger charge is -2.33. The Bertz CT molecular complexity index is 1460. The number of hydrogen-bond donors (Lipinski definition) is 2. The number of halogens is 4. The van der Waals surface area contributed by atoms with Crippen molar-refractivity contribution in [3.63, 3.8) is 0 Å². The SMILES string of the molecule is CC.CCCCc1ccc(CNC=O)cc1.Cc1nc(N2CCN(S(=O)(=O)c3ccc(OC(F)(F)F)cc3F)CC2)sc1C.O=CO. The molecule has 0 spiro atoms. The summed E-state index contributed by atoms with van der Waals surface area (Å²) in [6, 6.07) is 10.4. The van der Waals surface area contributed by atoms with Crippen molar-refractivity contribution < 1.29 is 45.4 Å². The van der Waals surface area contributed by atoms with Crippen LogP contribution in [0, 0.1) is 19.7 Å². The Morgan fingerprint density at radius 2 is 1.60 bits per heavy atom. The maximum atomic E-state index is 14.2. The van der Waals surface area contributed by atoms with Crippen molar-refractivity contribution in [2.75, 3.05) is 31.1 Å². The molecule has 2 aromatic carbocycles. The number of thiazole rings is 1. The molecule has 4 rings (SSSR count). The van der Waals surface area contributed by atoms with Crippen LogP contribution in [-0.4, -0.2) is 68.2 Å². The zero-order chi connectivity index (χ0) is 35.6. The Hall–Kier alpha value is -3.76. The Balaban J connectivity index is 0.000000487. The lowest BCUT2D eigenvalue weighted by Crippen LogP contribution is -2.48. The summed E-state index contributed by atoms with van der Waals surface area (Å²) in [5.74, 6) is -2.11. The molecule has 16 heteroatoms. The zero-order valence-electron chi connectivity index (χ0n) is 27.0. The number of carbonyl (C=O) groups excluding carboxylic acids is 1. The molecule has 2 N–H and O–H groups in total. The van der Waals surface area contributed by atoms with E-state index < -0.39 is 32.8 Å². The third kappa shape index (κ3) is 13.9. The molecular formula is C31H42F4N4O6S2. The van der Waals surface area contributed by atoms with E-state index in [0.717, 1.165) is 50.5 Å². The van der Waals surface area contributed by atoms with E-state index in [1.807, 2.05) is 32.6 Å². The highest BCUT2D eigenvalue weighted by Crippen LogP contribution is 2.30. The number of anilines is 1. The molecule has 1 fully saturated rings. The van der Waals surface area contributed by atoms with Crippen molar-refractivity contribution in [1.29, 1.82) is 0 Å². The van der Waals surface area contributed by atoms with Gasteiger partial charge in [0.2, 0.25) is 16.4 Å². The van der Waals surface area contributed by atoms with Crippen LogP contribution in [0.5, 0.6) is 5.75 Å². The van der Waals surface area contributed by atoms with Crippen LogP contribution in [0.3, 0.4) is 0 Å². The number of alkyl halides is 3. The molecule has 10 nitrogen and oxygen atoms in total. The van der Waals surface area contributed by atoms with Crippen LogP contribution >= 0.6 is 11.3 Å². The number of benzene rings is 2. The molecule has 1 aromatic heterocycles. The number of carboxylic acid groups (broad SMARTS) is 1. The maximum absolute atomic E-state index is 14.2. The fraction of sp³-hybridized carbons (Fsp3) is 0.452. The van der Waals surface area contributed by atoms with Gasteiger partial charge in [0, 0.05) is 43.7 Å². The van der Waals surface area contributed by atoms with E-state index >= 15 is 0 Å². The summed E-state index contributed by atoms with van der Waals surface area (Å²) in [6.45, 7) is 11.4. The lowest BCUT2D eigenvalue weighted by molar-refractivity contribution is -0.274. The molecule has 0 atom stereocenters. The van der Waals surface area contributed by atoms with Gasteiger partial charge < -0.3 is 20.1 Å². The summed E-state index contributed by atoms with van der Waals surface area (Å²) in [4.78, 5) is 25.2. The smallest absolute Gasteiger partial charge is 0.483 e. The molecular weight excluding hydrogens is 664 g/mol. The number of aryl methyl sites for hydroxylation is 3. The molecule has 0 saturated carbocycles. The number of nitrogens with zero attached hydrogens (tertiary/aromatic N) is 3. The highest BCUT2D eigenvalue weighted by Gasteiger charge is 2.34. The number of piperazine rings is 1. The fourth-order valence-corrected chi connectivity index (χ4v) is 6.53. The van der Waals surface area contributed by atoms with E-state index in [1.54, 1.807) is 0 Å².